The van der Waals surface area contributed by atoms with Crippen molar-refractivity contribution < 1.29 is 9.90 Å². The van der Waals surface area contributed by atoms with Crippen molar-refractivity contribution in [3.05, 3.63) is 35.9 Å². The third-order valence-corrected chi connectivity index (χ3v) is 4.93. The van der Waals surface area contributed by atoms with Crippen LogP contribution in [0.15, 0.2) is 30.3 Å². The summed E-state index contributed by atoms with van der Waals surface area (Å²) in [6.07, 6.45) is 3.75. The number of carbonyl (C=O) groups excluding carboxylic acids is 1. The molecule has 0 spiro atoms. The first kappa shape index (κ1) is 17.5. The molecule has 3 rings (SSSR count). The van der Waals surface area contributed by atoms with Gasteiger partial charge in [-0.3, -0.25) is 0 Å². The van der Waals surface area contributed by atoms with E-state index in [9.17, 15) is 9.90 Å². The summed E-state index contributed by atoms with van der Waals surface area (Å²) < 4.78 is 0. The molecule has 134 valence electrons. The van der Waals surface area contributed by atoms with Crippen LogP contribution in [0.5, 0.6) is 0 Å². The summed E-state index contributed by atoms with van der Waals surface area (Å²) in [7, 11) is 3.90. The Morgan fingerprint density at radius 2 is 2.00 bits per heavy atom. The summed E-state index contributed by atoms with van der Waals surface area (Å²) in [5, 5.41) is 16.6. The lowest BCUT2D eigenvalue weighted by Gasteiger charge is -2.28. The van der Waals surface area contributed by atoms with Crippen molar-refractivity contribution in [2.75, 3.05) is 25.6 Å². The van der Waals surface area contributed by atoms with Gasteiger partial charge in [0.2, 0.25) is 0 Å². The van der Waals surface area contributed by atoms with E-state index in [0.29, 0.717) is 6.54 Å². The number of hydrogen-bond donors (Lipinski definition) is 3. The van der Waals surface area contributed by atoms with Gasteiger partial charge in [0.15, 0.2) is 0 Å². The van der Waals surface area contributed by atoms with E-state index in [1.54, 1.807) is 0 Å². The Bertz CT molecular complexity index is 754. The lowest BCUT2D eigenvalue weighted by molar-refractivity contribution is 0.163. The molecule has 0 atom stereocenters. The minimum Gasteiger partial charge on any atom is -0.394 e. The molecule has 6 heteroatoms. The zero-order chi connectivity index (χ0) is 17.9. The van der Waals surface area contributed by atoms with E-state index in [0.717, 1.165) is 48.0 Å². The number of fused-ring (bicyclic) bond motifs is 1. The van der Waals surface area contributed by atoms with Crippen LogP contribution in [0.1, 0.15) is 31.2 Å². The Hall–Kier alpha value is -2.34. The van der Waals surface area contributed by atoms with Gasteiger partial charge in [-0.1, -0.05) is 31.0 Å². The number of hydrogen-bond acceptors (Lipinski definition) is 4. The standard InChI is InChI=1S/C19H26N4O2/c1-23(2)17-11-14(15-7-3-4-8-16(15)21-17)12-20-18(25)22-19(13-24)9-5-6-10-19/h3-4,7-8,11,24H,5-6,9-10,12-13H2,1-2H3,(H2,20,22,25). The number of aliphatic hydroxyl groups excluding tert-OH is 1. The lowest BCUT2D eigenvalue weighted by atomic mass is 9.99. The average molecular weight is 342 g/mol. The van der Waals surface area contributed by atoms with Gasteiger partial charge < -0.3 is 20.6 Å². The maximum absolute atomic E-state index is 12.3. The van der Waals surface area contributed by atoms with Crippen LogP contribution in [0.4, 0.5) is 10.6 Å². The van der Waals surface area contributed by atoms with Gasteiger partial charge in [-0.05, 0) is 30.5 Å². The van der Waals surface area contributed by atoms with Gasteiger partial charge in [-0.2, -0.15) is 0 Å². The summed E-state index contributed by atoms with van der Waals surface area (Å²) in [5.41, 5.74) is 1.47. The highest BCUT2D eigenvalue weighted by Gasteiger charge is 2.34. The predicted molar refractivity (Wildman–Crippen MR) is 99.7 cm³/mol. The average Bonchev–Trinajstić information content (AvgIpc) is 3.08. The molecule has 0 aliphatic heterocycles. The number of aliphatic hydroxyl groups is 1. The van der Waals surface area contributed by atoms with Gasteiger partial charge in [0.05, 0.1) is 17.7 Å². The number of carbonyl (C=O) groups is 1. The van der Waals surface area contributed by atoms with Crippen molar-refractivity contribution in [3.8, 4) is 0 Å². The molecule has 1 aliphatic carbocycles. The highest BCUT2D eigenvalue weighted by Crippen LogP contribution is 2.29. The Labute approximate surface area is 148 Å². The first-order chi connectivity index (χ1) is 12.0. The molecule has 1 saturated carbocycles. The summed E-state index contributed by atoms with van der Waals surface area (Å²) in [4.78, 5) is 18.9. The second-order valence-electron chi connectivity index (χ2n) is 7.00. The number of pyridine rings is 1. The van der Waals surface area contributed by atoms with Crippen LogP contribution in [0.2, 0.25) is 0 Å². The lowest BCUT2D eigenvalue weighted by Crippen LogP contribution is -2.52. The Morgan fingerprint density at radius 1 is 1.28 bits per heavy atom. The van der Waals surface area contributed by atoms with Crippen molar-refractivity contribution in [1.82, 2.24) is 15.6 Å². The molecule has 0 radical (unpaired) electrons. The van der Waals surface area contributed by atoms with Gasteiger partial charge in [-0.15, -0.1) is 0 Å². The summed E-state index contributed by atoms with van der Waals surface area (Å²) in [6.45, 7) is 0.403. The number of aromatic nitrogens is 1. The molecule has 6 nitrogen and oxygen atoms in total. The normalized spacial score (nSPS) is 16.0. The van der Waals surface area contributed by atoms with Crippen LogP contribution in [-0.2, 0) is 6.54 Å². The molecular weight excluding hydrogens is 316 g/mol. The van der Waals surface area contributed by atoms with E-state index in [1.165, 1.54) is 0 Å². The number of nitrogens with one attached hydrogen (secondary N) is 2. The Kier molecular flexibility index (Phi) is 5.08. The SMILES string of the molecule is CN(C)c1cc(CNC(=O)NC2(CO)CCCC2)c2ccccc2n1. The number of para-hydroxylation sites is 1. The maximum atomic E-state index is 12.3. The molecule has 0 unspecified atom stereocenters. The van der Waals surface area contributed by atoms with Gasteiger partial charge in [-0.25, -0.2) is 9.78 Å². The fraction of sp³-hybridized carbons (Fsp3) is 0.474. The van der Waals surface area contributed by atoms with Crippen molar-refractivity contribution in [1.29, 1.82) is 0 Å². The first-order valence-corrected chi connectivity index (χ1v) is 8.76. The minimum absolute atomic E-state index is 0.0105. The van der Waals surface area contributed by atoms with E-state index in [1.807, 2.05) is 49.3 Å². The fourth-order valence-electron chi connectivity index (χ4n) is 3.44. The van der Waals surface area contributed by atoms with Crippen molar-refractivity contribution in [2.45, 2.75) is 37.8 Å². The fourth-order valence-corrected chi connectivity index (χ4v) is 3.44. The number of nitrogens with zero attached hydrogens (tertiary/aromatic N) is 2. The topological polar surface area (TPSA) is 77.5 Å². The third kappa shape index (κ3) is 3.85. The van der Waals surface area contributed by atoms with Gasteiger partial charge in [0.25, 0.3) is 0 Å². The van der Waals surface area contributed by atoms with Gasteiger partial charge in [0.1, 0.15) is 5.82 Å². The van der Waals surface area contributed by atoms with Crippen LogP contribution < -0.4 is 15.5 Å². The van der Waals surface area contributed by atoms with E-state index >= 15 is 0 Å². The van der Waals surface area contributed by atoms with Crippen LogP contribution in [0.3, 0.4) is 0 Å². The number of amides is 2. The number of benzene rings is 1. The Morgan fingerprint density at radius 3 is 2.68 bits per heavy atom. The quantitative estimate of drug-likeness (QED) is 0.780. The maximum Gasteiger partial charge on any atom is 0.315 e. The molecule has 2 aromatic rings. The number of anilines is 1. The van der Waals surface area contributed by atoms with Crippen LogP contribution in [0, 0.1) is 0 Å². The van der Waals surface area contributed by atoms with Crippen LogP contribution >= 0.6 is 0 Å². The molecule has 1 heterocycles. The minimum atomic E-state index is -0.459. The molecule has 0 bridgehead atoms. The monoisotopic (exact) mass is 342 g/mol. The third-order valence-electron chi connectivity index (χ3n) is 4.93. The summed E-state index contributed by atoms with van der Waals surface area (Å²) in [5.74, 6) is 0.860. The molecule has 0 saturated heterocycles. The van der Waals surface area contributed by atoms with E-state index in [-0.39, 0.29) is 12.6 Å². The smallest absolute Gasteiger partial charge is 0.315 e. The van der Waals surface area contributed by atoms with Crippen LogP contribution in [-0.4, -0.2) is 42.4 Å². The van der Waals surface area contributed by atoms with Gasteiger partial charge in [0, 0.05) is 26.0 Å². The second kappa shape index (κ2) is 7.27. The predicted octanol–water partition coefficient (Wildman–Crippen LogP) is 2.41. The molecule has 1 aromatic heterocycles. The molecule has 1 aromatic carbocycles. The van der Waals surface area contributed by atoms with E-state index in [4.69, 9.17) is 0 Å². The van der Waals surface area contributed by atoms with Crippen LogP contribution in [0.25, 0.3) is 10.9 Å². The van der Waals surface area contributed by atoms with E-state index in [2.05, 4.69) is 15.6 Å². The van der Waals surface area contributed by atoms with E-state index < -0.39 is 5.54 Å². The summed E-state index contributed by atoms with van der Waals surface area (Å²) >= 11 is 0. The van der Waals surface area contributed by atoms with Crippen molar-refractivity contribution >= 4 is 22.8 Å². The first-order valence-electron chi connectivity index (χ1n) is 8.76. The zero-order valence-electron chi connectivity index (χ0n) is 14.9. The largest absolute Gasteiger partial charge is 0.394 e. The molecule has 3 N–H and O–H groups in total. The second-order valence-corrected chi connectivity index (χ2v) is 7.00. The highest BCUT2D eigenvalue weighted by atomic mass is 16.3. The summed E-state index contributed by atoms with van der Waals surface area (Å²) in [6, 6.07) is 9.70. The molecule has 2 amide bonds. The zero-order valence-corrected chi connectivity index (χ0v) is 14.9. The molecular formula is C19H26N4O2. The van der Waals surface area contributed by atoms with Crippen molar-refractivity contribution in [3.63, 3.8) is 0 Å². The van der Waals surface area contributed by atoms with Gasteiger partial charge >= 0.3 is 6.03 Å². The number of urea groups is 1. The number of rotatable bonds is 5. The highest BCUT2D eigenvalue weighted by molar-refractivity contribution is 5.84. The molecule has 1 fully saturated rings. The Balaban J connectivity index is 1.75. The van der Waals surface area contributed by atoms with Crippen molar-refractivity contribution in [2.24, 2.45) is 0 Å². The molecule has 25 heavy (non-hydrogen) atoms. The molecule has 1 aliphatic rings.